The van der Waals surface area contributed by atoms with E-state index in [1.54, 1.807) is 6.07 Å². The topological polar surface area (TPSA) is 26.7 Å². The van der Waals surface area contributed by atoms with Gasteiger partial charge in [0.1, 0.15) is 0 Å². The van der Waals surface area contributed by atoms with Crippen molar-refractivity contribution >= 4 is 11.6 Å². The fraction of sp³-hybridized carbons (Fsp3) is 0.400. The second kappa shape index (κ2) is 8.91. The van der Waals surface area contributed by atoms with Gasteiger partial charge in [-0.05, 0) is 35.7 Å². The number of nitrogens with zero attached hydrogens (tertiary/aromatic N) is 2. The maximum Gasteiger partial charge on any atom is 0.159 e. The third-order valence-corrected chi connectivity index (χ3v) is 5.24. The third-order valence-electron chi connectivity index (χ3n) is 4.87. The summed E-state index contributed by atoms with van der Waals surface area (Å²) in [7, 11) is 0. The highest BCUT2D eigenvalue weighted by atomic mass is 35.5. The summed E-state index contributed by atoms with van der Waals surface area (Å²) in [5.74, 6) is -1.65. The third kappa shape index (κ3) is 4.80. The second-order valence-corrected chi connectivity index (χ2v) is 7.12. The summed E-state index contributed by atoms with van der Waals surface area (Å²) in [6.45, 7) is 3.86. The molecule has 1 aliphatic heterocycles. The van der Waals surface area contributed by atoms with Crippen molar-refractivity contribution in [2.24, 2.45) is 0 Å². The second-order valence-electron chi connectivity index (χ2n) is 6.71. The summed E-state index contributed by atoms with van der Waals surface area (Å²) in [4.78, 5) is 4.55. The Labute approximate surface area is 157 Å². The Balaban J connectivity index is 1.65. The normalized spacial score (nSPS) is 19.0. The van der Waals surface area contributed by atoms with E-state index >= 15 is 0 Å². The van der Waals surface area contributed by atoms with Gasteiger partial charge in [-0.1, -0.05) is 35.9 Å². The van der Waals surface area contributed by atoms with Crippen LogP contribution in [0.2, 0.25) is 5.02 Å². The van der Waals surface area contributed by atoms with Crippen LogP contribution in [0.25, 0.3) is 0 Å². The summed E-state index contributed by atoms with van der Waals surface area (Å²) < 4.78 is 26.6. The minimum atomic E-state index is -0.829. The highest BCUT2D eigenvalue weighted by Crippen LogP contribution is 2.22. The molecule has 0 aromatic heterocycles. The maximum absolute atomic E-state index is 13.5. The van der Waals surface area contributed by atoms with Crippen molar-refractivity contribution in [3.05, 3.63) is 70.2 Å². The van der Waals surface area contributed by atoms with Gasteiger partial charge in [-0.2, -0.15) is 0 Å². The van der Waals surface area contributed by atoms with E-state index in [4.69, 9.17) is 11.6 Å². The van der Waals surface area contributed by atoms with Crippen molar-refractivity contribution in [3.63, 3.8) is 0 Å². The quantitative estimate of drug-likeness (QED) is 0.828. The van der Waals surface area contributed by atoms with Crippen LogP contribution in [0.5, 0.6) is 0 Å². The molecule has 0 unspecified atom stereocenters. The maximum atomic E-state index is 13.5. The Bertz CT molecular complexity index is 744. The van der Waals surface area contributed by atoms with Crippen LogP contribution in [0, 0.1) is 11.6 Å². The number of hydrogen-bond donors (Lipinski definition) is 1. The summed E-state index contributed by atoms with van der Waals surface area (Å²) in [5, 5.41) is 10.2. The molecule has 0 amide bonds. The van der Waals surface area contributed by atoms with Crippen molar-refractivity contribution in [1.29, 1.82) is 0 Å². The first-order valence-electron chi connectivity index (χ1n) is 8.81. The zero-order valence-corrected chi connectivity index (χ0v) is 15.3. The molecular weight excluding hydrogens is 358 g/mol. The molecule has 3 nitrogen and oxygen atoms in total. The van der Waals surface area contributed by atoms with Gasteiger partial charge in [0, 0.05) is 50.4 Å². The summed E-state index contributed by atoms with van der Waals surface area (Å²) >= 11 is 6.26. The molecule has 26 heavy (non-hydrogen) atoms. The number of aliphatic hydroxyl groups excluding tert-OH is 1. The van der Waals surface area contributed by atoms with Gasteiger partial charge in [0.15, 0.2) is 11.6 Å². The van der Waals surface area contributed by atoms with Gasteiger partial charge in [-0.3, -0.25) is 9.80 Å². The fourth-order valence-corrected chi connectivity index (χ4v) is 3.67. The molecule has 1 aliphatic rings. The standard InChI is InChI=1S/C20H23ClF2N2O/c21-18-4-2-1-3-16(18)13-24-8-9-25(17(14-24)7-10-26)12-15-5-6-19(22)20(23)11-15/h1-6,11,17,26H,7-10,12-14H2/t17-/m0/s1. The van der Waals surface area contributed by atoms with Crippen LogP contribution in [0.15, 0.2) is 42.5 Å². The number of benzene rings is 2. The number of hydrogen-bond acceptors (Lipinski definition) is 3. The molecule has 3 rings (SSSR count). The highest BCUT2D eigenvalue weighted by molar-refractivity contribution is 6.31. The SMILES string of the molecule is OCC[C@H]1CN(Cc2ccccc2Cl)CCN1Cc1ccc(F)c(F)c1. The van der Waals surface area contributed by atoms with Gasteiger partial charge in [0.05, 0.1) is 0 Å². The smallest absolute Gasteiger partial charge is 0.159 e. The predicted molar refractivity (Wildman–Crippen MR) is 99.0 cm³/mol. The summed E-state index contributed by atoms with van der Waals surface area (Å²) in [6, 6.07) is 12.0. The molecule has 1 N–H and O–H groups in total. The van der Waals surface area contributed by atoms with Crippen molar-refractivity contribution in [1.82, 2.24) is 9.80 Å². The van der Waals surface area contributed by atoms with Crippen molar-refractivity contribution < 1.29 is 13.9 Å². The van der Waals surface area contributed by atoms with Gasteiger partial charge in [-0.15, -0.1) is 0 Å². The number of aliphatic hydroxyl groups is 1. The van der Waals surface area contributed by atoms with E-state index in [2.05, 4.69) is 9.80 Å². The molecule has 2 aromatic rings. The van der Waals surface area contributed by atoms with Gasteiger partial charge < -0.3 is 5.11 Å². The zero-order chi connectivity index (χ0) is 18.5. The van der Waals surface area contributed by atoms with E-state index in [0.29, 0.717) is 13.0 Å². The Morgan fingerprint density at radius 1 is 1.04 bits per heavy atom. The molecule has 2 aromatic carbocycles. The van der Waals surface area contributed by atoms with Gasteiger partial charge in [0.2, 0.25) is 0 Å². The van der Waals surface area contributed by atoms with Gasteiger partial charge in [0.25, 0.3) is 0 Å². The minimum Gasteiger partial charge on any atom is -0.396 e. The first kappa shape index (κ1) is 19.2. The Hall–Kier alpha value is -1.53. The minimum absolute atomic E-state index is 0.0961. The average molecular weight is 381 g/mol. The molecule has 0 saturated carbocycles. The molecule has 1 atom stereocenters. The van der Waals surface area contributed by atoms with E-state index in [1.807, 2.05) is 24.3 Å². The number of rotatable bonds is 6. The molecule has 0 aliphatic carbocycles. The lowest BCUT2D eigenvalue weighted by Crippen LogP contribution is -2.52. The van der Waals surface area contributed by atoms with Gasteiger partial charge >= 0.3 is 0 Å². The van der Waals surface area contributed by atoms with Crippen LogP contribution >= 0.6 is 11.6 Å². The first-order valence-corrected chi connectivity index (χ1v) is 9.19. The van der Waals surface area contributed by atoms with E-state index < -0.39 is 11.6 Å². The first-order chi connectivity index (χ1) is 12.6. The Morgan fingerprint density at radius 2 is 1.85 bits per heavy atom. The average Bonchev–Trinajstić information content (AvgIpc) is 2.62. The zero-order valence-electron chi connectivity index (χ0n) is 14.5. The van der Waals surface area contributed by atoms with Crippen LogP contribution in [0.4, 0.5) is 8.78 Å². The molecule has 1 saturated heterocycles. The monoisotopic (exact) mass is 380 g/mol. The van der Waals surface area contributed by atoms with Gasteiger partial charge in [-0.25, -0.2) is 8.78 Å². The molecule has 6 heteroatoms. The molecule has 140 valence electrons. The van der Waals surface area contributed by atoms with E-state index in [-0.39, 0.29) is 12.6 Å². The summed E-state index contributed by atoms with van der Waals surface area (Å²) in [6.07, 6.45) is 0.642. The highest BCUT2D eigenvalue weighted by Gasteiger charge is 2.27. The van der Waals surface area contributed by atoms with Crippen molar-refractivity contribution in [2.45, 2.75) is 25.6 Å². The fourth-order valence-electron chi connectivity index (χ4n) is 3.47. The lowest BCUT2D eigenvalue weighted by atomic mass is 10.1. The molecule has 0 radical (unpaired) electrons. The van der Waals surface area contributed by atoms with Crippen LogP contribution in [0.1, 0.15) is 17.5 Å². The molecule has 1 heterocycles. The molecule has 0 spiro atoms. The summed E-state index contributed by atoms with van der Waals surface area (Å²) in [5.41, 5.74) is 1.83. The van der Waals surface area contributed by atoms with Crippen LogP contribution in [-0.4, -0.2) is 47.2 Å². The largest absolute Gasteiger partial charge is 0.396 e. The van der Waals surface area contributed by atoms with Crippen LogP contribution in [0.3, 0.4) is 0 Å². The lowest BCUT2D eigenvalue weighted by molar-refractivity contribution is 0.0499. The molecular formula is C20H23ClF2N2O. The molecule has 0 bridgehead atoms. The lowest BCUT2D eigenvalue weighted by Gasteiger charge is -2.41. The predicted octanol–water partition coefficient (Wildman–Crippen LogP) is 3.69. The Morgan fingerprint density at radius 3 is 2.58 bits per heavy atom. The molecule has 1 fully saturated rings. The van der Waals surface area contributed by atoms with E-state index in [1.165, 1.54) is 12.1 Å². The van der Waals surface area contributed by atoms with Crippen molar-refractivity contribution in [3.8, 4) is 0 Å². The number of halogens is 3. The Kier molecular flexibility index (Phi) is 6.59. The van der Waals surface area contributed by atoms with Crippen LogP contribution < -0.4 is 0 Å². The van der Waals surface area contributed by atoms with Crippen LogP contribution in [-0.2, 0) is 13.1 Å². The van der Waals surface area contributed by atoms with Crippen molar-refractivity contribution in [2.75, 3.05) is 26.2 Å². The number of piperazine rings is 1. The van der Waals surface area contributed by atoms with E-state index in [9.17, 15) is 13.9 Å². The van der Waals surface area contributed by atoms with E-state index in [0.717, 1.165) is 42.3 Å².